The average molecular weight is 331 g/mol. The zero-order chi connectivity index (χ0) is 17.6. The Morgan fingerprint density at radius 3 is 2.36 bits per heavy atom. The van der Waals surface area contributed by atoms with E-state index in [0.29, 0.717) is 17.9 Å². The lowest BCUT2D eigenvalue weighted by Crippen LogP contribution is -2.15. The highest BCUT2D eigenvalue weighted by molar-refractivity contribution is 5.93. The summed E-state index contributed by atoms with van der Waals surface area (Å²) in [5.41, 5.74) is 4.09. The van der Waals surface area contributed by atoms with Crippen LogP contribution in [0.25, 0.3) is 0 Å². The highest BCUT2D eigenvalue weighted by atomic mass is 16.5. The molecule has 126 valence electrons. The minimum Gasteiger partial charge on any atom is -0.455 e. The van der Waals surface area contributed by atoms with Crippen LogP contribution in [0.3, 0.4) is 0 Å². The van der Waals surface area contributed by atoms with E-state index >= 15 is 0 Å². The molecular weight excluding hydrogens is 310 g/mol. The number of hydrogen-bond acceptors (Lipinski definition) is 2. The number of para-hydroxylation sites is 3. The molecule has 0 spiro atoms. The molecular formula is C22H21NO2. The van der Waals surface area contributed by atoms with Crippen LogP contribution < -0.4 is 10.1 Å². The van der Waals surface area contributed by atoms with Gasteiger partial charge in [0.15, 0.2) is 5.75 Å². The molecule has 0 aromatic heterocycles. The van der Waals surface area contributed by atoms with E-state index in [1.165, 1.54) is 11.1 Å². The number of benzene rings is 3. The van der Waals surface area contributed by atoms with Gasteiger partial charge in [-0.25, -0.2) is 0 Å². The molecule has 3 aromatic carbocycles. The molecule has 0 aliphatic heterocycles. The van der Waals surface area contributed by atoms with Gasteiger partial charge in [-0.05, 0) is 54.8 Å². The van der Waals surface area contributed by atoms with Gasteiger partial charge in [0.1, 0.15) is 5.75 Å². The standard InChI is InChI=1S/C22H21NO2/c1-16-12-13-18(14-17(16)2)15-22(24)23-20-10-6-7-11-21(20)25-19-8-4-3-5-9-19/h3-14H,15H2,1-2H3,(H,23,24). The number of hydrogen-bond donors (Lipinski definition) is 1. The molecule has 0 fully saturated rings. The average Bonchev–Trinajstić information content (AvgIpc) is 2.61. The fraction of sp³-hybridized carbons (Fsp3) is 0.136. The highest BCUT2D eigenvalue weighted by Gasteiger charge is 2.09. The summed E-state index contributed by atoms with van der Waals surface area (Å²) in [6.45, 7) is 4.12. The second-order valence-corrected chi connectivity index (χ2v) is 6.05. The number of nitrogens with one attached hydrogen (secondary N) is 1. The van der Waals surface area contributed by atoms with E-state index in [-0.39, 0.29) is 5.91 Å². The van der Waals surface area contributed by atoms with Crippen molar-refractivity contribution in [1.82, 2.24) is 0 Å². The molecule has 25 heavy (non-hydrogen) atoms. The number of anilines is 1. The van der Waals surface area contributed by atoms with Gasteiger partial charge in [-0.2, -0.15) is 0 Å². The Morgan fingerprint density at radius 2 is 1.60 bits per heavy atom. The normalized spacial score (nSPS) is 10.3. The summed E-state index contributed by atoms with van der Waals surface area (Å²) < 4.78 is 5.88. The largest absolute Gasteiger partial charge is 0.455 e. The van der Waals surface area contributed by atoms with Crippen LogP contribution in [0, 0.1) is 13.8 Å². The van der Waals surface area contributed by atoms with E-state index in [2.05, 4.69) is 25.2 Å². The first kappa shape index (κ1) is 16.8. The highest BCUT2D eigenvalue weighted by Crippen LogP contribution is 2.29. The number of rotatable bonds is 5. The summed E-state index contributed by atoms with van der Waals surface area (Å²) in [6.07, 6.45) is 0.334. The van der Waals surface area contributed by atoms with Crippen LogP contribution in [-0.4, -0.2) is 5.91 Å². The maximum absolute atomic E-state index is 12.4. The minimum atomic E-state index is -0.0626. The Hall–Kier alpha value is -3.07. The van der Waals surface area contributed by atoms with E-state index in [1.807, 2.05) is 66.7 Å². The molecule has 3 heteroatoms. The zero-order valence-electron chi connectivity index (χ0n) is 14.5. The van der Waals surface area contributed by atoms with Crippen molar-refractivity contribution in [3.63, 3.8) is 0 Å². The van der Waals surface area contributed by atoms with Crippen molar-refractivity contribution in [2.45, 2.75) is 20.3 Å². The van der Waals surface area contributed by atoms with Gasteiger partial charge in [-0.3, -0.25) is 4.79 Å². The molecule has 3 rings (SSSR count). The smallest absolute Gasteiger partial charge is 0.228 e. The predicted molar refractivity (Wildman–Crippen MR) is 101 cm³/mol. The third-order valence-corrected chi connectivity index (χ3v) is 4.07. The van der Waals surface area contributed by atoms with E-state index in [0.717, 1.165) is 11.3 Å². The Bertz CT molecular complexity index is 872. The Labute approximate surface area is 148 Å². The van der Waals surface area contributed by atoms with Gasteiger partial charge in [0, 0.05) is 0 Å². The molecule has 0 heterocycles. The molecule has 0 atom stereocenters. The lowest BCUT2D eigenvalue weighted by molar-refractivity contribution is -0.115. The number of amides is 1. The molecule has 0 aliphatic carbocycles. The number of carbonyl (C=O) groups is 1. The molecule has 0 aliphatic rings. The monoisotopic (exact) mass is 331 g/mol. The van der Waals surface area contributed by atoms with Gasteiger partial charge in [-0.1, -0.05) is 48.5 Å². The van der Waals surface area contributed by atoms with Crippen LogP contribution >= 0.6 is 0 Å². The summed E-state index contributed by atoms with van der Waals surface area (Å²) in [5, 5.41) is 2.95. The molecule has 0 radical (unpaired) electrons. The summed E-state index contributed by atoms with van der Waals surface area (Å²) in [5.74, 6) is 1.30. The van der Waals surface area contributed by atoms with Crippen LogP contribution in [0.1, 0.15) is 16.7 Å². The van der Waals surface area contributed by atoms with Crippen LogP contribution in [0.15, 0.2) is 72.8 Å². The lowest BCUT2D eigenvalue weighted by Gasteiger charge is -2.12. The Balaban J connectivity index is 1.72. The van der Waals surface area contributed by atoms with Gasteiger partial charge >= 0.3 is 0 Å². The van der Waals surface area contributed by atoms with Crippen molar-refractivity contribution >= 4 is 11.6 Å². The van der Waals surface area contributed by atoms with Gasteiger partial charge in [0.2, 0.25) is 5.91 Å². The van der Waals surface area contributed by atoms with Crippen molar-refractivity contribution in [1.29, 1.82) is 0 Å². The molecule has 0 saturated carbocycles. The predicted octanol–water partition coefficient (Wildman–Crippen LogP) is 5.28. The first-order valence-corrected chi connectivity index (χ1v) is 8.30. The number of carbonyl (C=O) groups excluding carboxylic acids is 1. The summed E-state index contributed by atoms with van der Waals surface area (Å²) in [6, 6.07) is 23.1. The first-order chi connectivity index (χ1) is 12.1. The third-order valence-electron chi connectivity index (χ3n) is 4.07. The molecule has 3 nitrogen and oxygen atoms in total. The van der Waals surface area contributed by atoms with Crippen molar-refractivity contribution in [3.05, 3.63) is 89.5 Å². The quantitative estimate of drug-likeness (QED) is 0.691. The molecule has 0 unspecified atom stereocenters. The molecule has 0 bridgehead atoms. The van der Waals surface area contributed by atoms with Gasteiger partial charge in [-0.15, -0.1) is 0 Å². The molecule has 0 saturated heterocycles. The summed E-state index contributed by atoms with van der Waals surface area (Å²) in [4.78, 5) is 12.4. The Morgan fingerprint density at radius 1 is 0.880 bits per heavy atom. The fourth-order valence-electron chi connectivity index (χ4n) is 2.57. The molecule has 1 N–H and O–H groups in total. The van der Waals surface area contributed by atoms with Gasteiger partial charge in [0.05, 0.1) is 12.1 Å². The maximum atomic E-state index is 12.4. The lowest BCUT2D eigenvalue weighted by atomic mass is 10.0. The molecule has 1 amide bonds. The Kier molecular flexibility index (Phi) is 5.14. The summed E-state index contributed by atoms with van der Waals surface area (Å²) >= 11 is 0. The summed E-state index contributed by atoms with van der Waals surface area (Å²) in [7, 11) is 0. The van der Waals surface area contributed by atoms with Crippen molar-refractivity contribution in [3.8, 4) is 11.5 Å². The first-order valence-electron chi connectivity index (χ1n) is 8.30. The van der Waals surface area contributed by atoms with E-state index < -0.39 is 0 Å². The van der Waals surface area contributed by atoms with Crippen molar-refractivity contribution < 1.29 is 9.53 Å². The topological polar surface area (TPSA) is 38.3 Å². The van der Waals surface area contributed by atoms with E-state index in [1.54, 1.807) is 0 Å². The van der Waals surface area contributed by atoms with Gasteiger partial charge < -0.3 is 10.1 Å². The van der Waals surface area contributed by atoms with Crippen molar-refractivity contribution in [2.24, 2.45) is 0 Å². The maximum Gasteiger partial charge on any atom is 0.228 e. The van der Waals surface area contributed by atoms with E-state index in [4.69, 9.17) is 4.74 Å². The minimum absolute atomic E-state index is 0.0626. The van der Waals surface area contributed by atoms with Crippen LogP contribution in [-0.2, 0) is 11.2 Å². The third kappa shape index (κ3) is 4.48. The van der Waals surface area contributed by atoms with Crippen LogP contribution in [0.2, 0.25) is 0 Å². The van der Waals surface area contributed by atoms with Crippen LogP contribution in [0.4, 0.5) is 5.69 Å². The van der Waals surface area contributed by atoms with Crippen LogP contribution in [0.5, 0.6) is 11.5 Å². The zero-order valence-corrected chi connectivity index (χ0v) is 14.5. The van der Waals surface area contributed by atoms with Gasteiger partial charge in [0.25, 0.3) is 0 Å². The SMILES string of the molecule is Cc1ccc(CC(=O)Nc2ccccc2Oc2ccccc2)cc1C. The second-order valence-electron chi connectivity index (χ2n) is 6.05. The number of ether oxygens (including phenoxy) is 1. The second kappa shape index (κ2) is 7.67. The fourth-order valence-corrected chi connectivity index (χ4v) is 2.57. The number of aryl methyl sites for hydroxylation is 2. The van der Waals surface area contributed by atoms with Crippen molar-refractivity contribution in [2.75, 3.05) is 5.32 Å². The van der Waals surface area contributed by atoms with E-state index in [9.17, 15) is 4.79 Å². The molecule has 3 aromatic rings.